The number of alkyl carbamates (subject to hydrolysis) is 1. The van der Waals surface area contributed by atoms with Crippen molar-refractivity contribution in [2.75, 3.05) is 6.61 Å². The summed E-state index contributed by atoms with van der Waals surface area (Å²) in [4.78, 5) is 23.9. The van der Waals surface area contributed by atoms with E-state index in [1.165, 1.54) is 0 Å². The highest BCUT2D eigenvalue weighted by molar-refractivity contribution is 6.74. The predicted molar refractivity (Wildman–Crippen MR) is 96.6 cm³/mol. The second-order valence-electron chi connectivity index (χ2n) is 7.74. The molecule has 0 bridgehead atoms. The quantitative estimate of drug-likeness (QED) is 0.619. The summed E-state index contributed by atoms with van der Waals surface area (Å²) in [6.45, 7) is 11.0. The van der Waals surface area contributed by atoms with E-state index in [0.29, 0.717) is 0 Å². The Hall–Kier alpha value is -1.86. The number of cyclic esters (lactones) is 1. The number of esters is 1. The lowest BCUT2D eigenvalue weighted by Gasteiger charge is -2.37. The van der Waals surface area contributed by atoms with E-state index in [9.17, 15) is 9.59 Å². The van der Waals surface area contributed by atoms with E-state index in [2.05, 4.69) is 39.2 Å². The molecule has 0 aliphatic carbocycles. The summed E-state index contributed by atoms with van der Waals surface area (Å²) in [6, 6.07) is 8.83. The molecule has 0 unspecified atom stereocenters. The molecule has 0 saturated carbocycles. The van der Waals surface area contributed by atoms with Gasteiger partial charge in [-0.25, -0.2) is 9.59 Å². The van der Waals surface area contributed by atoms with Crippen LogP contribution < -0.4 is 5.32 Å². The molecule has 1 heterocycles. The van der Waals surface area contributed by atoms with Gasteiger partial charge in [0.1, 0.15) is 12.6 Å². The highest BCUT2D eigenvalue weighted by atomic mass is 28.4. The van der Waals surface area contributed by atoms with Gasteiger partial charge in [0.05, 0.1) is 6.61 Å². The van der Waals surface area contributed by atoms with Crippen LogP contribution in [0.5, 0.6) is 0 Å². The third kappa shape index (κ3) is 5.06. The molecule has 2 atom stereocenters. The van der Waals surface area contributed by atoms with Crippen LogP contribution in [0.2, 0.25) is 18.1 Å². The summed E-state index contributed by atoms with van der Waals surface area (Å²) in [5.74, 6) is -0.564. The number of hydrogen-bond donors (Lipinski definition) is 1. The average molecular weight is 366 g/mol. The Morgan fingerprint density at radius 1 is 1.24 bits per heavy atom. The van der Waals surface area contributed by atoms with E-state index in [0.717, 1.165) is 5.56 Å². The zero-order valence-corrected chi connectivity index (χ0v) is 16.5. The number of carbonyl (C=O) groups is 2. The highest BCUT2D eigenvalue weighted by Gasteiger charge is 2.44. The fourth-order valence-corrected chi connectivity index (χ4v) is 3.15. The average Bonchev–Trinajstić information content (AvgIpc) is 2.92. The van der Waals surface area contributed by atoms with E-state index in [1.807, 2.05) is 30.3 Å². The molecule has 6 nitrogen and oxygen atoms in total. The number of ether oxygens (including phenoxy) is 2. The van der Waals surface area contributed by atoms with Gasteiger partial charge in [-0.3, -0.25) is 0 Å². The molecule has 1 aliphatic rings. The molecule has 1 N–H and O–H groups in total. The summed E-state index contributed by atoms with van der Waals surface area (Å²) < 4.78 is 16.5. The maximum Gasteiger partial charge on any atom is 0.408 e. The fraction of sp³-hybridized carbons (Fsp3) is 0.556. The van der Waals surface area contributed by atoms with Crippen molar-refractivity contribution >= 4 is 20.4 Å². The molecule has 2 rings (SSSR count). The van der Waals surface area contributed by atoms with Crippen LogP contribution in [0.25, 0.3) is 0 Å². The topological polar surface area (TPSA) is 73.9 Å². The molecule has 0 aromatic heterocycles. The first kappa shape index (κ1) is 19.5. The number of rotatable bonds is 6. The Labute approximate surface area is 150 Å². The second-order valence-corrected chi connectivity index (χ2v) is 12.6. The standard InChI is InChI=1S/C18H27NO5Si/c1-18(2,3)25(4,5)23-12-14-15(24-17(21)19-14)16(20)22-11-13-9-7-6-8-10-13/h6-10,14-15H,11-12H2,1-5H3,(H,19,21)/t14-,15+/m1/s1. The Balaban J connectivity index is 1.94. The van der Waals surface area contributed by atoms with Gasteiger partial charge in [0.25, 0.3) is 0 Å². The van der Waals surface area contributed by atoms with Crippen LogP contribution in [0.3, 0.4) is 0 Å². The third-order valence-electron chi connectivity index (χ3n) is 4.79. The van der Waals surface area contributed by atoms with Crippen molar-refractivity contribution in [1.29, 1.82) is 0 Å². The minimum Gasteiger partial charge on any atom is -0.458 e. The SMILES string of the molecule is CC(C)(C)[Si](C)(C)OC[C@H]1NC(=O)O[C@@H]1C(=O)OCc1ccccc1. The summed E-state index contributed by atoms with van der Waals surface area (Å²) >= 11 is 0. The zero-order chi connectivity index (χ0) is 18.7. The van der Waals surface area contributed by atoms with Crippen molar-refractivity contribution < 1.29 is 23.5 Å². The van der Waals surface area contributed by atoms with Gasteiger partial charge in [0, 0.05) is 0 Å². The molecule has 1 fully saturated rings. The van der Waals surface area contributed by atoms with Gasteiger partial charge in [0.2, 0.25) is 6.10 Å². The van der Waals surface area contributed by atoms with Gasteiger partial charge < -0.3 is 19.2 Å². The number of amides is 1. The Bertz CT molecular complexity index is 612. The minimum absolute atomic E-state index is 0.0415. The van der Waals surface area contributed by atoms with E-state index in [4.69, 9.17) is 13.9 Å². The van der Waals surface area contributed by atoms with Crippen molar-refractivity contribution in [3.8, 4) is 0 Å². The first-order valence-electron chi connectivity index (χ1n) is 8.42. The molecule has 1 amide bonds. The number of hydrogen-bond acceptors (Lipinski definition) is 5. The Morgan fingerprint density at radius 2 is 1.88 bits per heavy atom. The first-order valence-corrected chi connectivity index (χ1v) is 11.3. The number of benzene rings is 1. The molecule has 138 valence electrons. The lowest BCUT2D eigenvalue weighted by molar-refractivity contribution is -0.154. The fourth-order valence-electron chi connectivity index (χ4n) is 2.13. The maximum absolute atomic E-state index is 12.3. The summed E-state index contributed by atoms with van der Waals surface area (Å²) in [6.07, 6.45) is -1.61. The summed E-state index contributed by atoms with van der Waals surface area (Å²) in [5.41, 5.74) is 0.877. The highest BCUT2D eigenvalue weighted by Crippen LogP contribution is 2.36. The van der Waals surface area contributed by atoms with Crippen LogP contribution >= 0.6 is 0 Å². The number of carbonyl (C=O) groups excluding carboxylic acids is 2. The van der Waals surface area contributed by atoms with Gasteiger partial charge in [0.15, 0.2) is 8.32 Å². The molecule has 1 aromatic carbocycles. The maximum atomic E-state index is 12.3. The first-order chi connectivity index (χ1) is 11.6. The molecular weight excluding hydrogens is 338 g/mol. The monoisotopic (exact) mass is 365 g/mol. The molecular formula is C18H27NO5Si. The second kappa shape index (κ2) is 7.57. The predicted octanol–water partition coefficient (Wildman–Crippen LogP) is 3.23. The molecule has 0 spiro atoms. The van der Waals surface area contributed by atoms with Gasteiger partial charge in [-0.2, -0.15) is 0 Å². The van der Waals surface area contributed by atoms with E-state index >= 15 is 0 Å². The zero-order valence-electron chi connectivity index (χ0n) is 15.5. The summed E-state index contributed by atoms with van der Waals surface area (Å²) in [7, 11) is -1.99. The molecule has 0 radical (unpaired) electrons. The Kier molecular flexibility index (Phi) is 5.90. The molecule has 7 heteroatoms. The van der Waals surface area contributed by atoms with Crippen molar-refractivity contribution in [2.45, 2.75) is 57.7 Å². The normalized spacial score (nSPS) is 20.8. The van der Waals surface area contributed by atoms with E-state index in [1.54, 1.807) is 0 Å². The van der Waals surface area contributed by atoms with Crippen LogP contribution in [-0.2, 0) is 25.3 Å². The van der Waals surface area contributed by atoms with Crippen molar-refractivity contribution in [1.82, 2.24) is 5.32 Å². The van der Waals surface area contributed by atoms with Crippen LogP contribution in [0, 0.1) is 0 Å². The smallest absolute Gasteiger partial charge is 0.408 e. The van der Waals surface area contributed by atoms with Gasteiger partial charge in [-0.15, -0.1) is 0 Å². The van der Waals surface area contributed by atoms with Crippen molar-refractivity contribution in [3.63, 3.8) is 0 Å². The lowest BCUT2D eigenvalue weighted by Crippen LogP contribution is -2.47. The Morgan fingerprint density at radius 3 is 2.48 bits per heavy atom. The largest absolute Gasteiger partial charge is 0.458 e. The van der Waals surface area contributed by atoms with Gasteiger partial charge in [-0.05, 0) is 23.7 Å². The van der Waals surface area contributed by atoms with E-state index < -0.39 is 32.5 Å². The van der Waals surface area contributed by atoms with Gasteiger partial charge >= 0.3 is 12.1 Å². The third-order valence-corrected chi connectivity index (χ3v) is 9.29. The van der Waals surface area contributed by atoms with E-state index in [-0.39, 0.29) is 18.3 Å². The van der Waals surface area contributed by atoms with Gasteiger partial charge in [-0.1, -0.05) is 51.1 Å². The van der Waals surface area contributed by atoms with Crippen LogP contribution in [0.1, 0.15) is 26.3 Å². The summed E-state index contributed by atoms with van der Waals surface area (Å²) in [5, 5.41) is 2.68. The molecule has 1 aliphatic heterocycles. The lowest BCUT2D eigenvalue weighted by atomic mass is 10.2. The minimum atomic E-state index is -1.99. The van der Waals surface area contributed by atoms with Crippen LogP contribution in [0.15, 0.2) is 30.3 Å². The molecule has 1 aromatic rings. The van der Waals surface area contributed by atoms with Crippen molar-refractivity contribution in [2.24, 2.45) is 0 Å². The van der Waals surface area contributed by atoms with Crippen LogP contribution in [-0.4, -0.2) is 39.1 Å². The van der Waals surface area contributed by atoms with Crippen LogP contribution in [0.4, 0.5) is 4.79 Å². The number of nitrogens with one attached hydrogen (secondary N) is 1. The molecule has 1 saturated heterocycles. The molecule has 25 heavy (non-hydrogen) atoms. The van der Waals surface area contributed by atoms with Crippen molar-refractivity contribution in [3.05, 3.63) is 35.9 Å².